The molecule has 13 heavy (non-hydrogen) atoms. The van der Waals surface area contributed by atoms with Crippen LogP contribution in [0.4, 0.5) is 0 Å². The number of hydrogen-bond acceptors (Lipinski definition) is 5. The summed E-state index contributed by atoms with van der Waals surface area (Å²) in [5.74, 6) is -1.84. The first-order valence-electron chi connectivity index (χ1n) is 3.76. The maximum Gasteiger partial charge on any atom is 0.307 e. The highest BCUT2D eigenvalue weighted by Crippen LogP contribution is 2.32. The van der Waals surface area contributed by atoms with E-state index in [-0.39, 0.29) is 12.8 Å². The van der Waals surface area contributed by atoms with Crippen LogP contribution in [0, 0.1) is 0 Å². The van der Waals surface area contributed by atoms with E-state index in [1.54, 1.807) is 0 Å². The minimum atomic E-state index is -1.95. The molecule has 1 saturated heterocycles. The third-order valence-corrected chi connectivity index (χ3v) is 1.99. The third-order valence-electron chi connectivity index (χ3n) is 1.99. The Morgan fingerprint density at radius 2 is 2.23 bits per heavy atom. The lowest BCUT2D eigenvalue weighted by molar-refractivity contribution is -0.202. The number of aliphatic carboxylic acids is 1. The number of cyclic esters (lactones) is 1. The second kappa shape index (κ2) is 3.31. The van der Waals surface area contributed by atoms with E-state index in [0.717, 1.165) is 0 Å². The smallest absolute Gasteiger partial charge is 0.307 e. The topological polar surface area (TPSA) is 104 Å². The van der Waals surface area contributed by atoms with E-state index in [0.29, 0.717) is 0 Å². The molecule has 1 rings (SSSR count). The van der Waals surface area contributed by atoms with Gasteiger partial charge in [0.15, 0.2) is 11.9 Å². The van der Waals surface area contributed by atoms with Crippen molar-refractivity contribution < 1.29 is 29.6 Å². The molecule has 1 atom stereocenters. The molecule has 0 amide bonds. The fraction of sp³-hybridized carbons (Fsp3) is 0.714. The number of carbonyl (C=O) groups excluding carboxylic acids is 1. The molecule has 0 radical (unpaired) electrons. The Bertz CT molecular complexity index is 235. The van der Waals surface area contributed by atoms with Crippen molar-refractivity contribution in [1.82, 2.24) is 0 Å². The zero-order chi connectivity index (χ0) is 10.1. The molecule has 0 spiro atoms. The Hall–Kier alpha value is -1.14. The van der Waals surface area contributed by atoms with Gasteiger partial charge in [-0.3, -0.25) is 9.59 Å². The Morgan fingerprint density at radius 3 is 2.54 bits per heavy atom. The zero-order valence-electron chi connectivity index (χ0n) is 6.77. The summed E-state index contributed by atoms with van der Waals surface area (Å²) in [6.45, 7) is 0. The lowest BCUT2D eigenvalue weighted by atomic mass is 9.95. The van der Waals surface area contributed by atoms with E-state index in [9.17, 15) is 9.59 Å². The van der Waals surface area contributed by atoms with Crippen LogP contribution < -0.4 is 0 Å². The van der Waals surface area contributed by atoms with Crippen LogP contribution in [0.1, 0.15) is 19.3 Å². The van der Waals surface area contributed by atoms with E-state index in [4.69, 9.17) is 15.3 Å². The third kappa shape index (κ3) is 1.96. The quantitative estimate of drug-likeness (QED) is 0.383. The number of aliphatic hydroxyl groups excluding tert-OH is 1. The van der Waals surface area contributed by atoms with Crippen LogP contribution in [0.15, 0.2) is 0 Å². The number of ether oxygens (including phenoxy) is 1. The standard InChI is InChI=1S/C7H10O6/c8-4(9)3-7(6(11)12)2-1-5(10)13-7/h6,11-12H,1-3H2,(H,8,9). The number of carboxylic acid groups (broad SMARTS) is 1. The molecule has 0 aromatic rings. The molecule has 0 saturated carbocycles. The maximum absolute atomic E-state index is 10.7. The van der Waals surface area contributed by atoms with E-state index >= 15 is 0 Å². The maximum atomic E-state index is 10.7. The summed E-state index contributed by atoms with van der Waals surface area (Å²) in [5, 5.41) is 26.2. The van der Waals surface area contributed by atoms with Crippen LogP contribution in [0.5, 0.6) is 0 Å². The molecule has 1 heterocycles. The molecule has 0 aliphatic carbocycles. The predicted molar refractivity (Wildman–Crippen MR) is 38.5 cm³/mol. The molecule has 74 valence electrons. The largest absolute Gasteiger partial charge is 0.481 e. The van der Waals surface area contributed by atoms with Crippen molar-refractivity contribution in [3.05, 3.63) is 0 Å². The highest BCUT2D eigenvalue weighted by Gasteiger charge is 2.47. The summed E-state index contributed by atoms with van der Waals surface area (Å²) in [7, 11) is 0. The Morgan fingerprint density at radius 1 is 1.62 bits per heavy atom. The first-order chi connectivity index (χ1) is 5.96. The molecule has 1 unspecified atom stereocenters. The summed E-state index contributed by atoms with van der Waals surface area (Å²) >= 11 is 0. The lowest BCUT2D eigenvalue weighted by Crippen LogP contribution is -2.43. The van der Waals surface area contributed by atoms with Gasteiger partial charge < -0.3 is 20.1 Å². The minimum Gasteiger partial charge on any atom is -0.481 e. The van der Waals surface area contributed by atoms with Gasteiger partial charge in [-0.15, -0.1) is 0 Å². The van der Waals surface area contributed by atoms with Crippen molar-refractivity contribution in [3.63, 3.8) is 0 Å². The van der Waals surface area contributed by atoms with Crippen LogP contribution in [0.2, 0.25) is 0 Å². The Labute approximate surface area is 73.7 Å². The summed E-state index contributed by atoms with van der Waals surface area (Å²) in [5.41, 5.74) is -1.65. The molecule has 0 aromatic heterocycles. The van der Waals surface area contributed by atoms with Crippen molar-refractivity contribution in [2.45, 2.75) is 31.2 Å². The van der Waals surface area contributed by atoms with E-state index in [1.807, 2.05) is 0 Å². The Balaban J connectivity index is 2.76. The monoisotopic (exact) mass is 190 g/mol. The molecule has 1 aliphatic heterocycles. The van der Waals surface area contributed by atoms with Gasteiger partial charge in [0.1, 0.15) is 0 Å². The fourth-order valence-corrected chi connectivity index (χ4v) is 1.30. The molecule has 6 nitrogen and oxygen atoms in total. The zero-order valence-corrected chi connectivity index (χ0v) is 6.77. The summed E-state index contributed by atoms with van der Waals surface area (Å²) < 4.78 is 4.60. The van der Waals surface area contributed by atoms with E-state index < -0.39 is 30.3 Å². The normalized spacial score (nSPS) is 27.8. The van der Waals surface area contributed by atoms with Gasteiger partial charge in [0, 0.05) is 12.8 Å². The van der Waals surface area contributed by atoms with Crippen LogP contribution >= 0.6 is 0 Å². The van der Waals surface area contributed by atoms with E-state index in [1.165, 1.54) is 0 Å². The van der Waals surface area contributed by atoms with Gasteiger partial charge >= 0.3 is 11.9 Å². The van der Waals surface area contributed by atoms with Crippen molar-refractivity contribution in [1.29, 1.82) is 0 Å². The van der Waals surface area contributed by atoms with Gasteiger partial charge in [-0.2, -0.15) is 0 Å². The molecule has 6 heteroatoms. The molecule has 1 fully saturated rings. The molecular formula is C7H10O6. The van der Waals surface area contributed by atoms with Crippen LogP contribution in [0.25, 0.3) is 0 Å². The van der Waals surface area contributed by atoms with Gasteiger partial charge in [0.25, 0.3) is 0 Å². The molecule has 3 N–H and O–H groups in total. The average Bonchev–Trinajstić information content (AvgIpc) is 2.31. The first-order valence-corrected chi connectivity index (χ1v) is 3.76. The van der Waals surface area contributed by atoms with Crippen molar-refractivity contribution >= 4 is 11.9 Å². The highest BCUT2D eigenvalue weighted by molar-refractivity contribution is 5.75. The Kier molecular flexibility index (Phi) is 2.53. The van der Waals surface area contributed by atoms with Gasteiger partial charge in [-0.25, -0.2) is 0 Å². The van der Waals surface area contributed by atoms with E-state index in [2.05, 4.69) is 4.74 Å². The summed E-state index contributed by atoms with van der Waals surface area (Å²) in [4.78, 5) is 21.1. The number of rotatable bonds is 3. The molecule has 1 aliphatic rings. The van der Waals surface area contributed by atoms with Crippen LogP contribution in [-0.2, 0) is 14.3 Å². The number of carboxylic acids is 1. The average molecular weight is 190 g/mol. The van der Waals surface area contributed by atoms with Crippen molar-refractivity contribution in [2.24, 2.45) is 0 Å². The SMILES string of the molecule is O=C(O)CC1(C(O)O)CCC(=O)O1. The van der Waals surface area contributed by atoms with Crippen molar-refractivity contribution in [2.75, 3.05) is 0 Å². The first kappa shape index (κ1) is 9.94. The molecular weight excluding hydrogens is 180 g/mol. The second-order valence-electron chi connectivity index (χ2n) is 2.98. The number of esters is 1. The van der Waals surface area contributed by atoms with Crippen molar-refractivity contribution in [3.8, 4) is 0 Å². The lowest BCUT2D eigenvalue weighted by Gasteiger charge is -2.27. The van der Waals surface area contributed by atoms with Gasteiger partial charge in [0.05, 0.1) is 6.42 Å². The summed E-state index contributed by atoms with van der Waals surface area (Å²) in [6, 6.07) is 0. The van der Waals surface area contributed by atoms with Gasteiger partial charge in [0.2, 0.25) is 0 Å². The number of hydrogen-bond donors (Lipinski definition) is 3. The predicted octanol–water partition coefficient (Wildman–Crippen LogP) is -1.15. The minimum absolute atomic E-state index is 0.0187. The van der Waals surface area contributed by atoms with Crippen LogP contribution in [0.3, 0.4) is 0 Å². The second-order valence-corrected chi connectivity index (χ2v) is 2.98. The summed E-state index contributed by atoms with van der Waals surface area (Å²) in [6.07, 6.45) is -2.49. The number of carbonyl (C=O) groups is 2. The molecule has 0 aromatic carbocycles. The van der Waals surface area contributed by atoms with Crippen LogP contribution in [-0.4, -0.2) is 39.1 Å². The fourth-order valence-electron chi connectivity index (χ4n) is 1.30. The van der Waals surface area contributed by atoms with Gasteiger partial charge in [-0.05, 0) is 0 Å². The van der Waals surface area contributed by atoms with Gasteiger partial charge in [-0.1, -0.05) is 0 Å². The molecule has 0 bridgehead atoms. The number of aliphatic hydroxyl groups is 2. The highest BCUT2D eigenvalue weighted by atomic mass is 16.6.